The summed E-state index contributed by atoms with van der Waals surface area (Å²) in [5.74, 6) is -0.114. The third-order valence-corrected chi connectivity index (χ3v) is 6.54. The van der Waals surface area contributed by atoms with Gasteiger partial charge in [0.15, 0.2) is 0 Å². The molecule has 9 heteroatoms. The molecule has 0 unspecified atom stereocenters. The molecule has 0 aromatic heterocycles. The predicted molar refractivity (Wildman–Crippen MR) is 124 cm³/mol. The number of piperidine rings is 1. The lowest BCUT2D eigenvalue weighted by molar-refractivity contribution is -0.118. The molecule has 2 amide bonds. The lowest BCUT2D eigenvalue weighted by Crippen LogP contribution is -2.49. The molecule has 0 atom stereocenters. The second kappa shape index (κ2) is 10.7. The van der Waals surface area contributed by atoms with Crippen LogP contribution in [0.3, 0.4) is 0 Å². The molecular formula is C23H30N4O4S. The number of amides is 2. The fourth-order valence-electron chi connectivity index (χ4n) is 3.99. The smallest absolute Gasteiger partial charge is 0.253 e. The Balaban J connectivity index is 1.55. The zero-order valence-electron chi connectivity index (χ0n) is 18.2. The molecule has 2 aromatic rings. The molecule has 2 aromatic carbocycles. The number of carbonyl (C=O) groups is 2. The van der Waals surface area contributed by atoms with E-state index in [0.29, 0.717) is 24.3 Å². The van der Waals surface area contributed by atoms with E-state index in [1.165, 1.54) is 24.3 Å². The van der Waals surface area contributed by atoms with Gasteiger partial charge in [0.2, 0.25) is 15.9 Å². The number of carbonyl (C=O) groups excluding carboxylic acids is 2. The standard InChI is InChI=1S/C23H30N4O4S/c1-2-14-27(17-22(28)25-19-8-10-21(11-9-19)32(24,30)31)20-12-15-26(16-13-20)23(29)18-6-4-3-5-7-18/h3-11,20H,2,12-17H2,1H3,(H,25,28)(H2,24,30,31). The van der Waals surface area contributed by atoms with E-state index in [0.717, 1.165) is 25.8 Å². The summed E-state index contributed by atoms with van der Waals surface area (Å²) in [5, 5.41) is 7.92. The van der Waals surface area contributed by atoms with Crippen LogP contribution in [0.15, 0.2) is 59.5 Å². The largest absolute Gasteiger partial charge is 0.339 e. The normalized spacial score (nSPS) is 15.0. The Morgan fingerprint density at radius 1 is 1.06 bits per heavy atom. The average molecular weight is 459 g/mol. The van der Waals surface area contributed by atoms with E-state index in [2.05, 4.69) is 17.1 Å². The van der Waals surface area contributed by atoms with E-state index in [9.17, 15) is 18.0 Å². The van der Waals surface area contributed by atoms with Crippen LogP contribution in [0.1, 0.15) is 36.5 Å². The lowest BCUT2D eigenvalue weighted by atomic mass is 10.0. The number of benzene rings is 2. The van der Waals surface area contributed by atoms with E-state index < -0.39 is 10.0 Å². The minimum atomic E-state index is -3.77. The van der Waals surface area contributed by atoms with E-state index in [1.54, 1.807) is 0 Å². The van der Waals surface area contributed by atoms with Gasteiger partial charge in [0.05, 0.1) is 11.4 Å². The van der Waals surface area contributed by atoms with Gasteiger partial charge in [-0.05, 0) is 62.2 Å². The first kappa shape index (κ1) is 23.9. The van der Waals surface area contributed by atoms with Gasteiger partial charge >= 0.3 is 0 Å². The summed E-state index contributed by atoms with van der Waals surface area (Å²) < 4.78 is 22.7. The number of likely N-dealkylation sites (tertiary alicyclic amines) is 1. The second-order valence-electron chi connectivity index (χ2n) is 7.98. The summed E-state index contributed by atoms with van der Waals surface area (Å²) in [6.45, 7) is 4.42. The summed E-state index contributed by atoms with van der Waals surface area (Å²) >= 11 is 0. The van der Waals surface area contributed by atoms with Crippen LogP contribution in [0, 0.1) is 0 Å². The van der Waals surface area contributed by atoms with Gasteiger partial charge in [-0.2, -0.15) is 0 Å². The molecule has 3 N–H and O–H groups in total. The Kier molecular flexibility index (Phi) is 8.00. The van der Waals surface area contributed by atoms with Crippen molar-refractivity contribution in [2.75, 3.05) is 31.5 Å². The third-order valence-electron chi connectivity index (χ3n) is 5.61. The Morgan fingerprint density at radius 3 is 2.25 bits per heavy atom. The van der Waals surface area contributed by atoms with Crippen molar-refractivity contribution in [2.45, 2.75) is 37.1 Å². The second-order valence-corrected chi connectivity index (χ2v) is 9.54. The van der Waals surface area contributed by atoms with Gasteiger partial charge in [0.1, 0.15) is 0 Å². The number of nitrogens with one attached hydrogen (secondary N) is 1. The maximum atomic E-state index is 12.7. The van der Waals surface area contributed by atoms with Crippen LogP contribution in [0.4, 0.5) is 5.69 Å². The molecule has 3 rings (SSSR count). The summed E-state index contributed by atoms with van der Waals surface area (Å²) in [6, 6.07) is 15.3. The highest BCUT2D eigenvalue weighted by molar-refractivity contribution is 7.89. The van der Waals surface area contributed by atoms with Crippen LogP contribution in [-0.2, 0) is 14.8 Å². The van der Waals surface area contributed by atoms with Crippen LogP contribution in [0.5, 0.6) is 0 Å². The zero-order chi connectivity index (χ0) is 23.1. The SMILES string of the molecule is CCCN(CC(=O)Nc1ccc(S(N)(=O)=O)cc1)C1CCN(C(=O)c2ccccc2)CC1. The maximum Gasteiger partial charge on any atom is 0.253 e. The summed E-state index contributed by atoms with van der Waals surface area (Å²) in [7, 11) is -3.77. The summed E-state index contributed by atoms with van der Waals surface area (Å²) in [4.78, 5) is 29.3. The van der Waals surface area contributed by atoms with Gasteiger partial charge in [-0.15, -0.1) is 0 Å². The third kappa shape index (κ3) is 6.38. The van der Waals surface area contributed by atoms with Crippen molar-refractivity contribution in [3.63, 3.8) is 0 Å². The van der Waals surface area contributed by atoms with Gasteiger partial charge in [0.25, 0.3) is 5.91 Å². The molecule has 0 radical (unpaired) electrons. The topological polar surface area (TPSA) is 113 Å². The van der Waals surface area contributed by atoms with E-state index >= 15 is 0 Å². The van der Waals surface area contributed by atoms with Gasteiger partial charge < -0.3 is 10.2 Å². The molecular weight excluding hydrogens is 428 g/mol. The van der Waals surface area contributed by atoms with Crippen molar-refractivity contribution < 1.29 is 18.0 Å². The molecule has 0 spiro atoms. The lowest BCUT2D eigenvalue weighted by Gasteiger charge is -2.38. The minimum absolute atomic E-state index is 0.0000758. The van der Waals surface area contributed by atoms with Crippen molar-refractivity contribution in [1.29, 1.82) is 0 Å². The highest BCUT2D eigenvalue weighted by Gasteiger charge is 2.28. The first-order valence-electron chi connectivity index (χ1n) is 10.8. The van der Waals surface area contributed by atoms with E-state index in [1.807, 2.05) is 35.2 Å². The Labute approximate surface area is 189 Å². The molecule has 1 aliphatic heterocycles. The highest BCUT2D eigenvalue weighted by atomic mass is 32.2. The van der Waals surface area contributed by atoms with Crippen molar-refractivity contribution >= 4 is 27.5 Å². The summed E-state index contributed by atoms with van der Waals surface area (Å²) in [5.41, 5.74) is 1.21. The van der Waals surface area contributed by atoms with Gasteiger partial charge in [0, 0.05) is 30.4 Å². The molecule has 172 valence electrons. The van der Waals surface area contributed by atoms with E-state index in [-0.39, 0.29) is 29.3 Å². The summed E-state index contributed by atoms with van der Waals surface area (Å²) in [6.07, 6.45) is 2.54. The minimum Gasteiger partial charge on any atom is -0.339 e. The van der Waals surface area contributed by atoms with Gasteiger partial charge in [-0.25, -0.2) is 13.6 Å². The number of primary sulfonamides is 1. The monoisotopic (exact) mass is 458 g/mol. The number of anilines is 1. The molecule has 1 saturated heterocycles. The van der Waals surface area contributed by atoms with Crippen LogP contribution >= 0.6 is 0 Å². The Bertz CT molecular complexity index is 1020. The number of hydrogen-bond donors (Lipinski definition) is 2. The maximum absolute atomic E-state index is 12.7. The quantitative estimate of drug-likeness (QED) is 0.630. The number of nitrogens with zero attached hydrogens (tertiary/aromatic N) is 2. The molecule has 1 heterocycles. The van der Waals surface area contributed by atoms with Crippen LogP contribution in [0.25, 0.3) is 0 Å². The predicted octanol–water partition coefficient (Wildman–Crippen LogP) is 2.29. The first-order chi connectivity index (χ1) is 15.3. The Morgan fingerprint density at radius 2 is 1.69 bits per heavy atom. The molecule has 32 heavy (non-hydrogen) atoms. The van der Waals surface area contributed by atoms with Crippen molar-refractivity contribution in [1.82, 2.24) is 9.80 Å². The van der Waals surface area contributed by atoms with Gasteiger partial charge in [-0.3, -0.25) is 14.5 Å². The van der Waals surface area contributed by atoms with Crippen molar-refractivity contribution in [2.24, 2.45) is 5.14 Å². The van der Waals surface area contributed by atoms with Gasteiger partial charge in [-0.1, -0.05) is 25.1 Å². The van der Waals surface area contributed by atoms with Crippen molar-refractivity contribution in [3.8, 4) is 0 Å². The molecule has 0 bridgehead atoms. The highest BCUT2D eigenvalue weighted by Crippen LogP contribution is 2.19. The number of sulfonamides is 1. The molecule has 0 aliphatic carbocycles. The van der Waals surface area contributed by atoms with Crippen molar-refractivity contribution in [3.05, 3.63) is 60.2 Å². The number of nitrogens with two attached hydrogens (primary N) is 1. The van der Waals surface area contributed by atoms with E-state index in [4.69, 9.17) is 5.14 Å². The first-order valence-corrected chi connectivity index (χ1v) is 12.3. The van der Waals surface area contributed by atoms with Crippen LogP contribution < -0.4 is 10.5 Å². The fraction of sp³-hybridized carbons (Fsp3) is 0.391. The molecule has 8 nitrogen and oxygen atoms in total. The van der Waals surface area contributed by atoms with Crippen LogP contribution in [0.2, 0.25) is 0 Å². The molecule has 1 aliphatic rings. The zero-order valence-corrected chi connectivity index (χ0v) is 19.1. The number of rotatable bonds is 8. The number of hydrogen-bond acceptors (Lipinski definition) is 5. The Hall–Kier alpha value is -2.75. The fourth-order valence-corrected chi connectivity index (χ4v) is 4.50. The average Bonchev–Trinajstić information content (AvgIpc) is 2.79. The van der Waals surface area contributed by atoms with Crippen LogP contribution in [-0.4, -0.2) is 62.3 Å². The molecule has 0 saturated carbocycles. The molecule has 1 fully saturated rings.